The highest BCUT2D eigenvalue weighted by Crippen LogP contribution is 2.19. The SMILES string of the molecule is CNC(=O)NCCCCC(C)NC(=O)OC.CNC(=S)NCCCCC(C)NC(=S)NC.CNC(=S)SCCCCC(C)SC(=S)NC.CNCCCCC(C)NC.COC(=O)NCCCCC(C)NC(=O)OC.COCCC(=O)NCCCCC(C)NC(=O)CCOC.COCCCC(=O)NCCCCC(C)NC(=O)CCCOC.CSCCC(=O)NCCCCC(C)NC(=O)CCSC.CSCCCCC(C)SC. The van der Waals surface area contributed by atoms with E-state index >= 15 is 0 Å². The van der Waals surface area contributed by atoms with Crippen LogP contribution in [0.15, 0.2) is 0 Å². The van der Waals surface area contributed by atoms with E-state index in [1.165, 1.54) is 84.9 Å². The van der Waals surface area contributed by atoms with Crippen LogP contribution < -0.4 is 101 Å². The van der Waals surface area contributed by atoms with Crippen LogP contribution >= 0.6 is 119 Å². The average molecular weight is 2270 g/mol. The summed E-state index contributed by atoms with van der Waals surface area (Å²) in [6, 6.07) is 1.64. The Morgan fingerprint density at radius 2 is 0.589 bits per heavy atom. The molecule has 9 unspecified atom stereocenters. The summed E-state index contributed by atoms with van der Waals surface area (Å²) < 4.78 is 34.6. The van der Waals surface area contributed by atoms with Crippen molar-refractivity contribution < 1.29 is 81.1 Å². The first kappa shape index (κ1) is 159. The van der Waals surface area contributed by atoms with Crippen molar-refractivity contribution in [2.24, 2.45) is 0 Å². The van der Waals surface area contributed by atoms with Crippen LogP contribution in [0.3, 0.4) is 0 Å². The van der Waals surface area contributed by atoms with Gasteiger partial charge in [0.1, 0.15) is 8.64 Å². The maximum atomic E-state index is 11.6. The third kappa shape index (κ3) is 141. The Morgan fingerprint density at radius 3 is 0.966 bits per heavy atom. The van der Waals surface area contributed by atoms with Crippen LogP contribution in [0.5, 0.6) is 0 Å². The van der Waals surface area contributed by atoms with Gasteiger partial charge >= 0.3 is 24.3 Å². The smallest absolute Gasteiger partial charge is 0.407 e. The zero-order valence-electron chi connectivity index (χ0n) is 95.1. The quantitative estimate of drug-likeness (QED) is 0.0153. The highest BCUT2D eigenvalue weighted by atomic mass is 32.2. The summed E-state index contributed by atoms with van der Waals surface area (Å²) in [5.41, 5.74) is 0. The fraction of sp³-hybridized carbons (Fsp3) is 0.860. The number of carbonyl (C=O) groups is 10. The summed E-state index contributed by atoms with van der Waals surface area (Å²) in [7, 11) is 23.4. The first-order chi connectivity index (χ1) is 69.8. The molecule has 0 aromatic carbocycles. The van der Waals surface area contributed by atoms with E-state index in [1.807, 2.05) is 113 Å². The van der Waals surface area contributed by atoms with Gasteiger partial charge in [-0.3, -0.25) is 28.8 Å². The van der Waals surface area contributed by atoms with E-state index in [9.17, 15) is 47.9 Å². The first-order valence-corrected chi connectivity index (χ1v) is 60.9. The molecule has 0 aliphatic carbocycles. The van der Waals surface area contributed by atoms with Gasteiger partial charge in [-0.1, -0.05) is 81.1 Å². The molecule has 0 spiro atoms. The maximum Gasteiger partial charge on any atom is 0.407 e. The number of nitrogens with one attached hydrogen (secondary N) is 19. The van der Waals surface area contributed by atoms with Gasteiger partial charge in [0.25, 0.3) is 0 Å². The van der Waals surface area contributed by atoms with Crippen molar-refractivity contribution in [3.8, 4) is 0 Å². The zero-order valence-corrected chi connectivity index (χ0v) is 103. The van der Waals surface area contributed by atoms with Crippen LogP contribution in [-0.4, -0.2) is 351 Å². The number of rotatable bonds is 74. The second-order valence-electron chi connectivity index (χ2n) is 34.4. The van der Waals surface area contributed by atoms with Crippen molar-refractivity contribution >= 4 is 198 Å². The van der Waals surface area contributed by atoms with Gasteiger partial charge in [0.05, 0.1) is 34.5 Å². The lowest BCUT2D eigenvalue weighted by Gasteiger charge is -2.15. The average Bonchev–Trinajstić information content (AvgIpc) is 0.807. The molecule has 0 rings (SSSR count). The lowest BCUT2D eigenvalue weighted by atomic mass is 10.1. The molecule has 146 heavy (non-hydrogen) atoms. The molecule has 36 nitrogen and oxygen atoms in total. The molecule has 19 N–H and O–H groups in total. The molecule has 866 valence electrons. The van der Waals surface area contributed by atoms with Crippen LogP contribution in [0.2, 0.25) is 0 Å². The third-order valence-electron chi connectivity index (χ3n) is 20.8. The molecule has 0 bridgehead atoms. The summed E-state index contributed by atoms with van der Waals surface area (Å²) in [6.45, 7) is 26.3. The molecule has 11 amide bonds. The van der Waals surface area contributed by atoms with Crippen molar-refractivity contribution in [3.05, 3.63) is 0 Å². The Hall–Kier alpha value is -5.08. The number of thiocarbonyl (C=S) groups is 4. The van der Waals surface area contributed by atoms with Gasteiger partial charge < -0.3 is 134 Å². The molecule has 0 saturated heterocycles. The third-order valence-corrected chi connectivity index (χ3v) is 27.5. The topological polar surface area (TPSA) is 464 Å². The Kier molecular flexibility index (Phi) is 138. The van der Waals surface area contributed by atoms with E-state index < -0.39 is 18.3 Å². The summed E-state index contributed by atoms with van der Waals surface area (Å²) in [6.07, 6.45) is 40.7. The Bertz CT molecular complexity index is 2820. The number of hydrogen-bond acceptors (Lipinski definition) is 29. The first-order valence-electron chi connectivity index (χ1n) is 51.9. The molecule has 0 radical (unpaired) electrons. The standard InChI is InChI=1S/C16H32N2O4.C14H28N2O4.C14H28N2O2S2.C10H22N4S2.C10H21N3O3.C10H20N2O4.C10H20N2S4.C8H20N2.C8H18S2/c1-14(18-16(20)10-7-13-22-3)8-4-5-11-17-15(19)9-6-12-21-2;2*1-12(16-14(18)8-11-20-3)6-4-5-9-15-13(17)7-10-19-2;1-8(14-10(16)12-3)6-4-5-7-13-9(15)11-2;1-8(13-10(15)16-3)6-4-5-7-12-9(14)11-2;1-8(12-10(14)16-3)6-4-5-7-11-9(13)15-2;1-8(16-10(14)12-3)6-4-5-7-15-9(13)11-2;2*1-8(10-3)6-4-5-7-9-2/h14H,4-13H2,1-3H3,(H,17,19)(H,18,20);2*12H,4-11H2,1-3H3,(H,15,17)(H,16,18);8H,4-7H2,1-3H3,(H2,11,13,15)(H2,12,14,16);8H,4-7H2,1-3H3,(H,13,15)(H2,11,12,14);2*8H,4-7H2,1-3H3,(H,11,13)(H,12,14);8-10H,4-7H2,1-3H3;8H,4-7H2,1-3H3. The van der Waals surface area contributed by atoms with Gasteiger partial charge in [-0.25, -0.2) is 19.2 Å². The largest absolute Gasteiger partial charge is 0.453 e. The zero-order chi connectivity index (χ0) is 112. The minimum Gasteiger partial charge on any atom is -0.453 e. The van der Waals surface area contributed by atoms with Gasteiger partial charge in [0.15, 0.2) is 10.2 Å². The second kappa shape index (κ2) is 127. The highest BCUT2D eigenvalue weighted by Gasteiger charge is 2.15. The number of hydrogen-bond donors (Lipinski definition) is 19. The number of carbonyl (C=O) groups excluding carboxylic acids is 10. The van der Waals surface area contributed by atoms with Crippen LogP contribution in [0.4, 0.5) is 19.2 Å². The molecule has 0 saturated carbocycles. The van der Waals surface area contributed by atoms with Crippen LogP contribution in [-0.2, 0) is 61.9 Å². The Morgan fingerprint density at radius 1 is 0.267 bits per heavy atom. The minimum atomic E-state index is -0.416. The Balaban J connectivity index is -0.000000208. The summed E-state index contributed by atoms with van der Waals surface area (Å²) in [5.74, 6) is 4.67. The second-order valence-corrected chi connectivity index (χ2v) is 43.3. The molecule has 0 aromatic rings. The number of alkyl carbamates (subject to hydrolysis) is 3. The van der Waals surface area contributed by atoms with E-state index in [2.05, 4.69) is 155 Å². The lowest BCUT2D eigenvalue weighted by Crippen LogP contribution is -2.38. The molecule has 0 fully saturated rings. The number of ether oxygens (including phenoxy) is 7. The molecular weight excluding hydrogens is 2060 g/mol. The molecular formula is C100H209N19O17S10. The fourth-order valence-electron chi connectivity index (χ4n) is 11.8. The predicted octanol–water partition coefficient (Wildman–Crippen LogP) is 14.9. The van der Waals surface area contributed by atoms with Gasteiger partial charge in [-0.2, -0.15) is 47.0 Å². The maximum absolute atomic E-state index is 11.6. The summed E-state index contributed by atoms with van der Waals surface area (Å²) >= 11 is 30.9. The van der Waals surface area contributed by atoms with Gasteiger partial charge in [-0.15, -0.1) is 0 Å². The number of unbranched alkanes of at least 4 members (excludes halogenated alkanes) is 9. The van der Waals surface area contributed by atoms with Crippen molar-refractivity contribution in [1.82, 2.24) is 101 Å². The highest BCUT2D eigenvalue weighted by molar-refractivity contribution is 8.23. The number of urea groups is 1. The number of thioether (sulfide) groups is 6. The summed E-state index contributed by atoms with van der Waals surface area (Å²) in [4.78, 5) is 112. The van der Waals surface area contributed by atoms with Crippen LogP contribution in [0.25, 0.3) is 0 Å². The normalized spacial score (nSPS) is 12.0. The van der Waals surface area contributed by atoms with E-state index in [0.717, 1.165) is 179 Å². The van der Waals surface area contributed by atoms with E-state index in [-0.39, 0.29) is 71.7 Å². The summed E-state index contributed by atoms with van der Waals surface area (Å²) in [5, 5.41) is 57.9. The van der Waals surface area contributed by atoms with Crippen molar-refractivity contribution in [2.45, 2.75) is 340 Å². The van der Waals surface area contributed by atoms with Gasteiger partial charge in [0, 0.05) is 225 Å². The van der Waals surface area contributed by atoms with E-state index in [1.54, 1.807) is 82.5 Å². The van der Waals surface area contributed by atoms with Crippen LogP contribution in [0, 0.1) is 0 Å². The number of amides is 11. The lowest BCUT2D eigenvalue weighted by molar-refractivity contribution is -0.123. The molecule has 0 aromatic heterocycles. The Labute approximate surface area is 932 Å². The van der Waals surface area contributed by atoms with Gasteiger partial charge in [-0.05, 0) is 291 Å². The van der Waals surface area contributed by atoms with Gasteiger partial charge in [0.2, 0.25) is 35.4 Å². The molecule has 0 heterocycles. The fourth-order valence-corrected chi connectivity index (χ4v) is 16.0. The monoisotopic (exact) mass is 2270 g/mol. The number of methoxy groups -OCH3 is 7. The molecule has 46 heteroatoms. The molecule has 0 aliphatic heterocycles. The predicted molar refractivity (Wildman–Crippen MR) is 641 cm³/mol. The minimum absolute atomic E-state index is 0.0206. The molecule has 0 aliphatic rings. The van der Waals surface area contributed by atoms with Crippen molar-refractivity contribution in [1.29, 1.82) is 0 Å². The van der Waals surface area contributed by atoms with E-state index in [4.69, 9.17) is 67.8 Å². The van der Waals surface area contributed by atoms with Crippen molar-refractivity contribution in [2.75, 3.05) is 219 Å². The van der Waals surface area contributed by atoms with Crippen molar-refractivity contribution in [3.63, 3.8) is 0 Å². The van der Waals surface area contributed by atoms with E-state index in [0.29, 0.717) is 119 Å². The molecule has 9 atom stereocenters. The van der Waals surface area contributed by atoms with Crippen LogP contribution in [0.1, 0.15) is 287 Å².